The van der Waals surface area contributed by atoms with Gasteiger partial charge in [-0.15, -0.1) is 0 Å². The fraction of sp³-hybridized carbons (Fsp3) is 0.273. The quantitative estimate of drug-likeness (QED) is 0.662. The van der Waals surface area contributed by atoms with Gasteiger partial charge in [-0.2, -0.15) is 0 Å². The number of pyridine rings is 1. The summed E-state index contributed by atoms with van der Waals surface area (Å²) in [5, 5.41) is 1.67. The molecule has 2 aromatic carbocycles. The fourth-order valence-electron chi connectivity index (χ4n) is 3.44. The van der Waals surface area contributed by atoms with Crippen molar-refractivity contribution in [3.05, 3.63) is 71.4 Å². The Morgan fingerprint density at radius 1 is 1.00 bits per heavy atom. The number of nitrogens with zero attached hydrogens (tertiary/aromatic N) is 3. The lowest BCUT2D eigenvalue weighted by Gasteiger charge is -2.34. The Bertz CT molecular complexity index is 948. The number of ether oxygens (including phenoxy) is 1. The molecule has 0 spiro atoms. The van der Waals surface area contributed by atoms with Crippen molar-refractivity contribution in [3.63, 3.8) is 0 Å². The molecule has 4 rings (SSSR count). The van der Waals surface area contributed by atoms with Gasteiger partial charge in [0.2, 0.25) is 0 Å². The van der Waals surface area contributed by atoms with Crippen LogP contribution in [0.25, 0.3) is 10.9 Å². The molecule has 1 aliphatic heterocycles. The zero-order chi connectivity index (χ0) is 19.3. The number of benzene rings is 2. The van der Waals surface area contributed by atoms with E-state index in [1.54, 1.807) is 6.20 Å². The highest BCUT2D eigenvalue weighted by atomic mass is 35.5. The van der Waals surface area contributed by atoms with E-state index in [-0.39, 0.29) is 12.5 Å². The van der Waals surface area contributed by atoms with E-state index in [9.17, 15) is 4.79 Å². The number of carbonyl (C=O) groups is 1. The van der Waals surface area contributed by atoms with Crippen molar-refractivity contribution in [3.8, 4) is 5.75 Å². The Hall–Kier alpha value is -2.63. The van der Waals surface area contributed by atoms with E-state index in [1.165, 1.54) is 5.56 Å². The van der Waals surface area contributed by atoms with Gasteiger partial charge in [-0.05, 0) is 42.0 Å². The van der Waals surface area contributed by atoms with Crippen molar-refractivity contribution in [1.29, 1.82) is 0 Å². The van der Waals surface area contributed by atoms with E-state index in [0.717, 1.165) is 35.6 Å². The molecule has 2 heterocycles. The Morgan fingerprint density at radius 2 is 1.79 bits per heavy atom. The first-order chi connectivity index (χ1) is 13.7. The molecule has 0 N–H and O–H groups in total. The number of fused-ring (bicyclic) bond motifs is 1. The van der Waals surface area contributed by atoms with Gasteiger partial charge in [-0.1, -0.05) is 29.8 Å². The first-order valence-corrected chi connectivity index (χ1v) is 9.78. The largest absolute Gasteiger partial charge is 0.483 e. The molecule has 5 nitrogen and oxygen atoms in total. The molecule has 0 unspecified atom stereocenters. The van der Waals surface area contributed by atoms with Crippen LogP contribution in [0.15, 0.2) is 60.8 Å². The normalized spacial score (nSPS) is 15.0. The number of carbonyl (C=O) groups excluding carboxylic acids is 1. The van der Waals surface area contributed by atoms with Crippen LogP contribution in [0.1, 0.15) is 5.56 Å². The summed E-state index contributed by atoms with van der Waals surface area (Å²) in [5.41, 5.74) is 2.10. The highest BCUT2D eigenvalue weighted by Crippen LogP contribution is 2.23. The van der Waals surface area contributed by atoms with Crippen LogP contribution >= 0.6 is 11.6 Å². The average molecular weight is 396 g/mol. The third-order valence-corrected chi connectivity index (χ3v) is 5.25. The minimum absolute atomic E-state index is 0.0204. The summed E-state index contributed by atoms with van der Waals surface area (Å²) in [4.78, 5) is 21.1. The molecule has 0 atom stereocenters. The number of amides is 1. The van der Waals surface area contributed by atoms with Gasteiger partial charge < -0.3 is 9.64 Å². The van der Waals surface area contributed by atoms with Crippen molar-refractivity contribution < 1.29 is 9.53 Å². The molecule has 0 bridgehead atoms. The number of aromatic nitrogens is 1. The summed E-state index contributed by atoms with van der Waals surface area (Å²) < 4.78 is 5.81. The first-order valence-electron chi connectivity index (χ1n) is 9.40. The Kier molecular flexibility index (Phi) is 5.74. The van der Waals surface area contributed by atoms with Crippen molar-refractivity contribution in [2.75, 3.05) is 32.8 Å². The fourth-order valence-corrected chi connectivity index (χ4v) is 3.56. The van der Waals surface area contributed by atoms with Crippen LogP contribution in [0.3, 0.4) is 0 Å². The molecule has 1 amide bonds. The maximum atomic E-state index is 12.6. The highest BCUT2D eigenvalue weighted by molar-refractivity contribution is 6.30. The van der Waals surface area contributed by atoms with E-state index in [2.05, 4.69) is 9.88 Å². The summed E-state index contributed by atoms with van der Waals surface area (Å²) in [7, 11) is 0. The number of hydrogen-bond donors (Lipinski definition) is 0. The molecular weight excluding hydrogens is 374 g/mol. The maximum absolute atomic E-state index is 12.6. The molecule has 0 saturated carbocycles. The second kappa shape index (κ2) is 8.59. The van der Waals surface area contributed by atoms with Gasteiger partial charge in [0, 0.05) is 49.3 Å². The molecule has 3 aromatic rings. The van der Waals surface area contributed by atoms with Crippen molar-refractivity contribution >= 4 is 28.4 Å². The maximum Gasteiger partial charge on any atom is 0.260 e. The zero-order valence-electron chi connectivity index (χ0n) is 15.6. The molecule has 6 heteroatoms. The predicted molar refractivity (Wildman–Crippen MR) is 111 cm³/mol. The van der Waals surface area contributed by atoms with E-state index in [4.69, 9.17) is 16.3 Å². The summed E-state index contributed by atoms with van der Waals surface area (Å²) in [6, 6.07) is 17.5. The van der Waals surface area contributed by atoms with Crippen LogP contribution in [0.4, 0.5) is 0 Å². The van der Waals surface area contributed by atoms with Crippen molar-refractivity contribution in [1.82, 2.24) is 14.8 Å². The monoisotopic (exact) mass is 395 g/mol. The first kappa shape index (κ1) is 18.7. The number of piperazine rings is 1. The van der Waals surface area contributed by atoms with E-state index >= 15 is 0 Å². The summed E-state index contributed by atoms with van der Waals surface area (Å²) in [5.74, 6) is 0.715. The highest BCUT2D eigenvalue weighted by Gasteiger charge is 2.21. The molecule has 1 aromatic heterocycles. The second-order valence-electron chi connectivity index (χ2n) is 6.90. The number of rotatable bonds is 5. The van der Waals surface area contributed by atoms with Gasteiger partial charge in [0.25, 0.3) is 5.91 Å². The summed E-state index contributed by atoms with van der Waals surface area (Å²) in [6.45, 7) is 4.06. The van der Waals surface area contributed by atoms with Gasteiger partial charge in [0.05, 0.1) is 5.52 Å². The Balaban J connectivity index is 1.28. The van der Waals surface area contributed by atoms with Crippen LogP contribution in [-0.4, -0.2) is 53.5 Å². The van der Waals surface area contributed by atoms with Crippen LogP contribution in [0.2, 0.25) is 5.02 Å². The van der Waals surface area contributed by atoms with Gasteiger partial charge in [-0.3, -0.25) is 14.7 Å². The lowest BCUT2D eigenvalue weighted by Crippen LogP contribution is -2.49. The van der Waals surface area contributed by atoms with Gasteiger partial charge in [-0.25, -0.2) is 0 Å². The number of hydrogen-bond acceptors (Lipinski definition) is 4. The minimum Gasteiger partial charge on any atom is -0.483 e. The Morgan fingerprint density at radius 3 is 2.57 bits per heavy atom. The minimum atomic E-state index is 0.0204. The zero-order valence-corrected chi connectivity index (χ0v) is 16.3. The topological polar surface area (TPSA) is 45.7 Å². The van der Waals surface area contributed by atoms with E-state index < -0.39 is 0 Å². The molecule has 1 fully saturated rings. The van der Waals surface area contributed by atoms with Crippen molar-refractivity contribution in [2.45, 2.75) is 6.54 Å². The third-order valence-electron chi connectivity index (χ3n) is 5.00. The van der Waals surface area contributed by atoms with Crippen LogP contribution < -0.4 is 4.74 Å². The predicted octanol–water partition coefficient (Wildman–Crippen LogP) is 3.61. The van der Waals surface area contributed by atoms with Gasteiger partial charge >= 0.3 is 0 Å². The molecule has 1 saturated heterocycles. The number of halogens is 1. The lowest BCUT2D eigenvalue weighted by molar-refractivity contribution is -0.135. The smallest absolute Gasteiger partial charge is 0.260 e. The molecule has 144 valence electrons. The van der Waals surface area contributed by atoms with Crippen LogP contribution in [0.5, 0.6) is 5.75 Å². The van der Waals surface area contributed by atoms with Gasteiger partial charge in [0.15, 0.2) is 6.61 Å². The van der Waals surface area contributed by atoms with Crippen LogP contribution in [-0.2, 0) is 11.3 Å². The molecule has 0 aliphatic carbocycles. The standard InChI is InChI=1S/C22H22ClN3O2/c23-18-8-6-17(7-9-18)15-25-11-13-26(14-12-25)22(27)16-28-21-5-1-4-20-19(21)3-2-10-24-20/h1-10H,11-16H2. The average Bonchev–Trinajstić information content (AvgIpc) is 2.74. The molecule has 28 heavy (non-hydrogen) atoms. The van der Waals surface area contributed by atoms with E-state index in [1.807, 2.05) is 59.5 Å². The lowest BCUT2D eigenvalue weighted by atomic mass is 10.2. The molecular formula is C22H22ClN3O2. The Labute approximate surface area is 169 Å². The van der Waals surface area contributed by atoms with Crippen molar-refractivity contribution in [2.24, 2.45) is 0 Å². The summed E-state index contributed by atoms with van der Waals surface area (Å²) in [6.07, 6.45) is 1.75. The molecule has 0 radical (unpaired) electrons. The van der Waals surface area contributed by atoms with E-state index in [0.29, 0.717) is 18.8 Å². The van der Waals surface area contributed by atoms with Crippen LogP contribution in [0, 0.1) is 0 Å². The molecule has 1 aliphatic rings. The second-order valence-corrected chi connectivity index (χ2v) is 7.33. The SMILES string of the molecule is O=C(COc1cccc2ncccc12)N1CCN(Cc2ccc(Cl)cc2)CC1. The van der Waals surface area contributed by atoms with Gasteiger partial charge in [0.1, 0.15) is 5.75 Å². The third kappa shape index (κ3) is 4.43. The summed E-state index contributed by atoms with van der Waals surface area (Å²) >= 11 is 5.94.